The third-order valence-corrected chi connectivity index (χ3v) is 4.08. The number of anilines is 3. The van der Waals surface area contributed by atoms with Crippen LogP contribution in [0.1, 0.15) is 15.9 Å². The molecule has 2 rings (SSSR count). The minimum absolute atomic E-state index is 0.0647. The minimum Gasteiger partial charge on any atom is -0.399 e. The van der Waals surface area contributed by atoms with Gasteiger partial charge >= 0.3 is 0 Å². The zero-order valence-corrected chi connectivity index (χ0v) is 13.9. The van der Waals surface area contributed by atoms with Crippen LogP contribution in [-0.2, 0) is 0 Å². The van der Waals surface area contributed by atoms with E-state index >= 15 is 0 Å². The number of carbonyl (C=O) groups excluding carboxylic acids is 1. The quantitative estimate of drug-likeness (QED) is 0.830. The average Bonchev–Trinajstić information content (AvgIpc) is 2.43. The maximum atomic E-state index is 12.3. The predicted octanol–water partition coefficient (Wildman–Crippen LogP) is 3.79. The lowest BCUT2D eigenvalue weighted by Crippen LogP contribution is -2.22. The maximum absolute atomic E-state index is 12.3. The molecule has 0 aromatic heterocycles. The zero-order valence-electron chi connectivity index (χ0n) is 12.3. The maximum Gasteiger partial charge on any atom is 0.255 e. The topological polar surface area (TPSA) is 58.4 Å². The molecule has 0 heterocycles. The lowest BCUT2D eigenvalue weighted by molar-refractivity contribution is 0.0828. The Labute approximate surface area is 133 Å². The summed E-state index contributed by atoms with van der Waals surface area (Å²) in [6, 6.07) is 11.1. The number of hydrogen-bond donors (Lipinski definition) is 2. The molecule has 21 heavy (non-hydrogen) atoms. The summed E-state index contributed by atoms with van der Waals surface area (Å²) in [5, 5.41) is 3.30. The van der Waals surface area contributed by atoms with Gasteiger partial charge in [0.25, 0.3) is 5.91 Å². The molecule has 2 aromatic carbocycles. The number of carbonyl (C=O) groups is 1. The number of nitrogens with one attached hydrogen (secondary N) is 1. The van der Waals surface area contributed by atoms with Crippen molar-refractivity contribution in [1.29, 1.82) is 0 Å². The van der Waals surface area contributed by atoms with E-state index in [9.17, 15) is 4.79 Å². The summed E-state index contributed by atoms with van der Waals surface area (Å²) >= 11 is 3.50. The van der Waals surface area contributed by atoms with Gasteiger partial charge in [-0.1, -0.05) is 22.0 Å². The number of nitrogens with zero attached hydrogens (tertiary/aromatic N) is 1. The van der Waals surface area contributed by atoms with E-state index in [1.165, 1.54) is 0 Å². The van der Waals surface area contributed by atoms with Gasteiger partial charge in [-0.3, -0.25) is 4.79 Å². The minimum atomic E-state index is -0.0647. The molecule has 0 aliphatic rings. The molecule has 0 radical (unpaired) electrons. The van der Waals surface area contributed by atoms with Gasteiger partial charge in [-0.25, -0.2) is 0 Å². The lowest BCUT2D eigenvalue weighted by Gasteiger charge is -2.17. The number of halogens is 1. The molecule has 0 fully saturated rings. The van der Waals surface area contributed by atoms with Crippen molar-refractivity contribution >= 4 is 38.9 Å². The number of amides is 1. The molecule has 5 heteroatoms. The standard InChI is InChI=1S/C16H18BrN3O/c1-10-13(17)5-4-6-14(10)19-15-9-11(18)7-8-12(15)16(21)20(2)3/h4-9,19H,18H2,1-3H3. The van der Waals surface area contributed by atoms with Gasteiger partial charge in [0, 0.05) is 29.9 Å². The Morgan fingerprint density at radius 2 is 1.90 bits per heavy atom. The molecule has 0 unspecified atom stereocenters. The number of rotatable bonds is 3. The second kappa shape index (κ2) is 6.18. The van der Waals surface area contributed by atoms with Crippen LogP contribution in [0.5, 0.6) is 0 Å². The predicted molar refractivity (Wildman–Crippen MR) is 91.0 cm³/mol. The first kappa shape index (κ1) is 15.4. The fourth-order valence-corrected chi connectivity index (χ4v) is 2.35. The van der Waals surface area contributed by atoms with E-state index in [1.807, 2.05) is 25.1 Å². The number of hydrogen-bond acceptors (Lipinski definition) is 3. The summed E-state index contributed by atoms with van der Waals surface area (Å²) in [6.07, 6.45) is 0. The SMILES string of the molecule is Cc1c(Br)cccc1Nc1cc(N)ccc1C(=O)N(C)C. The summed E-state index contributed by atoms with van der Waals surface area (Å²) < 4.78 is 1.01. The fraction of sp³-hybridized carbons (Fsp3) is 0.188. The monoisotopic (exact) mass is 347 g/mol. The largest absolute Gasteiger partial charge is 0.399 e. The number of nitrogen functional groups attached to an aromatic ring is 1. The van der Waals surface area contributed by atoms with E-state index in [2.05, 4.69) is 21.2 Å². The summed E-state index contributed by atoms with van der Waals surface area (Å²) in [5.74, 6) is -0.0647. The smallest absolute Gasteiger partial charge is 0.255 e. The van der Waals surface area contributed by atoms with Crippen LogP contribution in [0, 0.1) is 6.92 Å². The van der Waals surface area contributed by atoms with Crippen molar-refractivity contribution in [3.63, 3.8) is 0 Å². The summed E-state index contributed by atoms with van der Waals surface area (Å²) in [7, 11) is 3.46. The van der Waals surface area contributed by atoms with E-state index in [0.29, 0.717) is 16.9 Å². The van der Waals surface area contributed by atoms with Gasteiger partial charge in [0.05, 0.1) is 11.3 Å². The molecule has 0 spiro atoms. The van der Waals surface area contributed by atoms with Crippen molar-refractivity contribution in [2.45, 2.75) is 6.92 Å². The highest BCUT2D eigenvalue weighted by atomic mass is 79.9. The lowest BCUT2D eigenvalue weighted by atomic mass is 10.1. The fourth-order valence-electron chi connectivity index (χ4n) is 1.98. The van der Waals surface area contributed by atoms with Gasteiger partial charge < -0.3 is 16.0 Å². The van der Waals surface area contributed by atoms with E-state index in [-0.39, 0.29) is 5.91 Å². The molecule has 0 atom stereocenters. The Kier molecular flexibility index (Phi) is 4.53. The number of benzene rings is 2. The second-order valence-electron chi connectivity index (χ2n) is 5.04. The molecule has 1 amide bonds. The summed E-state index contributed by atoms with van der Waals surface area (Å²) in [5.41, 5.74) is 9.76. The van der Waals surface area contributed by atoms with Crippen LogP contribution in [0.25, 0.3) is 0 Å². The first-order chi connectivity index (χ1) is 9.90. The van der Waals surface area contributed by atoms with Crippen LogP contribution in [0.2, 0.25) is 0 Å². The van der Waals surface area contributed by atoms with E-state index in [4.69, 9.17) is 5.73 Å². The normalized spacial score (nSPS) is 10.3. The van der Waals surface area contributed by atoms with Crippen molar-refractivity contribution in [3.8, 4) is 0 Å². The molecule has 0 saturated heterocycles. The average molecular weight is 348 g/mol. The van der Waals surface area contributed by atoms with Gasteiger partial charge in [-0.05, 0) is 42.8 Å². The Morgan fingerprint density at radius 1 is 1.19 bits per heavy atom. The van der Waals surface area contributed by atoms with Crippen molar-refractivity contribution < 1.29 is 4.79 Å². The Hall–Kier alpha value is -2.01. The van der Waals surface area contributed by atoms with Gasteiger partial charge in [-0.15, -0.1) is 0 Å². The first-order valence-corrected chi connectivity index (χ1v) is 7.32. The Morgan fingerprint density at radius 3 is 2.57 bits per heavy atom. The van der Waals surface area contributed by atoms with Crippen LogP contribution in [0.3, 0.4) is 0 Å². The van der Waals surface area contributed by atoms with Crippen molar-refractivity contribution in [2.24, 2.45) is 0 Å². The van der Waals surface area contributed by atoms with Crippen LogP contribution in [0.15, 0.2) is 40.9 Å². The van der Waals surface area contributed by atoms with E-state index in [1.54, 1.807) is 37.2 Å². The molecule has 0 bridgehead atoms. The van der Waals surface area contributed by atoms with Crippen molar-refractivity contribution in [1.82, 2.24) is 4.90 Å². The highest BCUT2D eigenvalue weighted by Gasteiger charge is 2.14. The Bertz CT molecular complexity index is 683. The molecule has 0 aliphatic carbocycles. The van der Waals surface area contributed by atoms with Crippen LogP contribution in [0.4, 0.5) is 17.1 Å². The van der Waals surface area contributed by atoms with Gasteiger partial charge in [0.1, 0.15) is 0 Å². The van der Waals surface area contributed by atoms with Crippen molar-refractivity contribution in [3.05, 3.63) is 52.0 Å². The van der Waals surface area contributed by atoms with Crippen LogP contribution in [-0.4, -0.2) is 24.9 Å². The highest BCUT2D eigenvalue weighted by molar-refractivity contribution is 9.10. The molecule has 3 N–H and O–H groups in total. The van der Waals surface area contributed by atoms with Gasteiger partial charge in [0.2, 0.25) is 0 Å². The zero-order chi connectivity index (χ0) is 15.6. The Balaban J connectivity index is 2.46. The van der Waals surface area contributed by atoms with Crippen LogP contribution >= 0.6 is 15.9 Å². The van der Waals surface area contributed by atoms with E-state index < -0.39 is 0 Å². The molecule has 2 aromatic rings. The van der Waals surface area contributed by atoms with Crippen LogP contribution < -0.4 is 11.1 Å². The van der Waals surface area contributed by atoms with Crippen molar-refractivity contribution in [2.75, 3.05) is 25.1 Å². The third-order valence-electron chi connectivity index (χ3n) is 3.22. The second-order valence-corrected chi connectivity index (χ2v) is 5.90. The molecule has 4 nitrogen and oxygen atoms in total. The highest BCUT2D eigenvalue weighted by Crippen LogP contribution is 2.29. The van der Waals surface area contributed by atoms with E-state index in [0.717, 1.165) is 15.7 Å². The molecular weight excluding hydrogens is 330 g/mol. The third kappa shape index (κ3) is 3.36. The van der Waals surface area contributed by atoms with Gasteiger partial charge in [-0.2, -0.15) is 0 Å². The summed E-state index contributed by atoms with van der Waals surface area (Å²) in [4.78, 5) is 13.8. The first-order valence-electron chi connectivity index (χ1n) is 6.53. The summed E-state index contributed by atoms with van der Waals surface area (Å²) in [6.45, 7) is 2.01. The number of nitrogens with two attached hydrogens (primary N) is 1. The molecule has 110 valence electrons. The van der Waals surface area contributed by atoms with Gasteiger partial charge in [0.15, 0.2) is 0 Å². The molecule has 0 saturated carbocycles. The molecular formula is C16H18BrN3O. The molecule has 0 aliphatic heterocycles.